The third kappa shape index (κ3) is 3.98. The first-order valence-electron chi connectivity index (χ1n) is 9.04. The fraction of sp³-hybridized carbons (Fsp3) is 1.00. The Bertz CT molecular complexity index is 279. The van der Waals surface area contributed by atoms with E-state index < -0.39 is 0 Å². The number of hydrogen-bond acceptors (Lipinski definition) is 2. The van der Waals surface area contributed by atoms with Crippen molar-refractivity contribution in [3.8, 4) is 0 Å². The topological polar surface area (TPSA) is 15.3 Å². The summed E-state index contributed by atoms with van der Waals surface area (Å²) in [5, 5.41) is 3.61. The van der Waals surface area contributed by atoms with Gasteiger partial charge in [0.25, 0.3) is 0 Å². The fourth-order valence-corrected chi connectivity index (χ4v) is 4.73. The average molecular weight is 281 g/mol. The van der Waals surface area contributed by atoms with Crippen LogP contribution < -0.4 is 5.32 Å². The number of likely N-dealkylation sites (N-methyl/N-ethyl adjacent to an activating group) is 2. The summed E-state index contributed by atoms with van der Waals surface area (Å²) in [5.74, 6) is 1.90. The van der Waals surface area contributed by atoms with E-state index in [0.29, 0.717) is 6.04 Å². The van der Waals surface area contributed by atoms with Crippen LogP contribution in [0.5, 0.6) is 0 Å². The number of rotatable bonds is 5. The lowest BCUT2D eigenvalue weighted by atomic mass is 9.78. The number of hydrogen-bond donors (Lipinski definition) is 1. The molecule has 2 heteroatoms. The van der Waals surface area contributed by atoms with Gasteiger partial charge in [0, 0.05) is 18.1 Å². The highest BCUT2D eigenvalue weighted by Crippen LogP contribution is 2.34. The van der Waals surface area contributed by atoms with Gasteiger partial charge in [0.05, 0.1) is 0 Å². The summed E-state index contributed by atoms with van der Waals surface area (Å²) in [4.78, 5) is 2.76. The normalized spacial score (nSPS) is 39.1. The maximum Gasteiger partial charge on any atom is 0.0251 e. The van der Waals surface area contributed by atoms with Gasteiger partial charge in [0.2, 0.25) is 0 Å². The van der Waals surface area contributed by atoms with E-state index in [-0.39, 0.29) is 0 Å². The molecule has 20 heavy (non-hydrogen) atoms. The van der Waals surface area contributed by atoms with Crippen LogP contribution in [0.2, 0.25) is 0 Å². The van der Waals surface area contributed by atoms with E-state index >= 15 is 0 Å². The molecule has 2 saturated carbocycles. The van der Waals surface area contributed by atoms with Crippen LogP contribution in [-0.4, -0.2) is 37.1 Å². The van der Waals surface area contributed by atoms with Gasteiger partial charge in [-0.2, -0.15) is 0 Å². The Labute approximate surface area is 126 Å². The highest BCUT2D eigenvalue weighted by Gasteiger charge is 2.35. The quantitative estimate of drug-likeness (QED) is 0.817. The van der Waals surface area contributed by atoms with Gasteiger partial charge in [0.15, 0.2) is 0 Å². The Morgan fingerprint density at radius 3 is 2.55 bits per heavy atom. The summed E-state index contributed by atoms with van der Waals surface area (Å²) in [5.41, 5.74) is 0. The standard InChI is InChI=1S/C18H36N2/c1-5-7-15-10-11-17(19-3)18(13-15)20(4)16-9-6-8-14(2)12-16/h14-19H,5-13H2,1-4H3. The molecule has 2 aliphatic rings. The zero-order valence-corrected chi connectivity index (χ0v) is 14.2. The molecule has 0 amide bonds. The highest BCUT2D eigenvalue weighted by molar-refractivity contribution is 4.92. The fourth-order valence-electron chi connectivity index (χ4n) is 4.73. The summed E-state index contributed by atoms with van der Waals surface area (Å²) in [6, 6.07) is 2.31. The van der Waals surface area contributed by atoms with Crippen LogP contribution in [0.3, 0.4) is 0 Å². The van der Waals surface area contributed by atoms with E-state index in [2.05, 4.69) is 38.2 Å². The molecule has 5 atom stereocenters. The number of nitrogens with one attached hydrogen (secondary N) is 1. The highest BCUT2D eigenvalue weighted by atomic mass is 15.2. The van der Waals surface area contributed by atoms with Gasteiger partial charge in [-0.3, -0.25) is 4.90 Å². The Morgan fingerprint density at radius 1 is 1.10 bits per heavy atom. The van der Waals surface area contributed by atoms with E-state index in [9.17, 15) is 0 Å². The lowest BCUT2D eigenvalue weighted by Crippen LogP contribution is -2.54. The number of nitrogens with zero attached hydrogens (tertiary/aromatic N) is 1. The van der Waals surface area contributed by atoms with E-state index in [1.807, 2.05) is 0 Å². The van der Waals surface area contributed by atoms with E-state index in [1.54, 1.807) is 0 Å². The van der Waals surface area contributed by atoms with Crippen LogP contribution in [0.4, 0.5) is 0 Å². The molecular weight excluding hydrogens is 244 g/mol. The SMILES string of the molecule is CCCC1CCC(NC)C(N(C)C2CCCC(C)C2)C1. The van der Waals surface area contributed by atoms with Crippen LogP contribution in [-0.2, 0) is 0 Å². The molecule has 0 aromatic carbocycles. The minimum atomic E-state index is 0.713. The Balaban J connectivity index is 1.97. The lowest BCUT2D eigenvalue weighted by molar-refractivity contribution is 0.0585. The molecule has 0 saturated heterocycles. The Kier molecular flexibility index (Phi) is 6.35. The minimum Gasteiger partial charge on any atom is -0.315 e. The van der Waals surface area contributed by atoms with Crippen molar-refractivity contribution in [1.29, 1.82) is 0 Å². The molecule has 2 nitrogen and oxygen atoms in total. The molecule has 2 fully saturated rings. The van der Waals surface area contributed by atoms with Gasteiger partial charge in [-0.1, -0.05) is 39.5 Å². The second kappa shape index (κ2) is 7.79. The van der Waals surface area contributed by atoms with E-state index in [4.69, 9.17) is 0 Å². The zero-order chi connectivity index (χ0) is 14.5. The summed E-state index contributed by atoms with van der Waals surface area (Å²) in [6.07, 6.45) is 12.7. The van der Waals surface area contributed by atoms with Crippen molar-refractivity contribution in [1.82, 2.24) is 10.2 Å². The van der Waals surface area contributed by atoms with Gasteiger partial charge in [-0.25, -0.2) is 0 Å². The van der Waals surface area contributed by atoms with Gasteiger partial charge in [0.1, 0.15) is 0 Å². The monoisotopic (exact) mass is 280 g/mol. The van der Waals surface area contributed by atoms with Crippen molar-refractivity contribution in [2.75, 3.05) is 14.1 Å². The largest absolute Gasteiger partial charge is 0.315 e. The maximum absolute atomic E-state index is 3.61. The first kappa shape index (κ1) is 16.3. The molecule has 1 N–H and O–H groups in total. The molecule has 0 aromatic heterocycles. The van der Waals surface area contributed by atoms with Gasteiger partial charge >= 0.3 is 0 Å². The first-order valence-corrected chi connectivity index (χ1v) is 9.04. The van der Waals surface area contributed by atoms with Crippen LogP contribution in [0.1, 0.15) is 71.6 Å². The van der Waals surface area contributed by atoms with Crippen LogP contribution >= 0.6 is 0 Å². The predicted octanol–water partition coefficient (Wildman–Crippen LogP) is 4.05. The van der Waals surface area contributed by atoms with E-state index in [1.165, 1.54) is 57.8 Å². The molecule has 0 heterocycles. The molecule has 118 valence electrons. The van der Waals surface area contributed by atoms with Crippen LogP contribution in [0.15, 0.2) is 0 Å². The van der Waals surface area contributed by atoms with Crippen molar-refractivity contribution in [2.45, 2.75) is 89.8 Å². The van der Waals surface area contributed by atoms with Gasteiger partial charge in [-0.05, 0) is 58.0 Å². The van der Waals surface area contributed by atoms with Crippen LogP contribution in [0, 0.1) is 11.8 Å². The van der Waals surface area contributed by atoms with Crippen molar-refractivity contribution < 1.29 is 0 Å². The average Bonchev–Trinajstić information content (AvgIpc) is 2.47. The smallest absolute Gasteiger partial charge is 0.0251 e. The maximum atomic E-state index is 3.61. The van der Waals surface area contributed by atoms with Crippen molar-refractivity contribution >= 4 is 0 Å². The predicted molar refractivity (Wildman–Crippen MR) is 88.1 cm³/mol. The second-order valence-electron chi connectivity index (χ2n) is 7.52. The Hall–Kier alpha value is -0.0800. The molecule has 0 aliphatic heterocycles. The van der Waals surface area contributed by atoms with Gasteiger partial charge in [-0.15, -0.1) is 0 Å². The Morgan fingerprint density at radius 2 is 1.90 bits per heavy atom. The summed E-state index contributed by atoms with van der Waals surface area (Å²) < 4.78 is 0. The minimum absolute atomic E-state index is 0.713. The zero-order valence-electron chi connectivity index (χ0n) is 14.2. The molecule has 0 spiro atoms. The molecule has 2 rings (SSSR count). The lowest BCUT2D eigenvalue weighted by Gasteiger charge is -2.46. The third-order valence-corrected chi connectivity index (χ3v) is 6.00. The molecule has 0 bridgehead atoms. The molecule has 5 unspecified atom stereocenters. The molecule has 0 radical (unpaired) electrons. The molecule has 2 aliphatic carbocycles. The second-order valence-corrected chi connectivity index (χ2v) is 7.52. The first-order chi connectivity index (χ1) is 9.65. The van der Waals surface area contributed by atoms with Crippen LogP contribution in [0.25, 0.3) is 0 Å². The van der Waals surface area contributed by atoms with Gasteiger partial charge < -0.3 is 5.32 Å². The van der Waals surface area contributed by atoms with Crippen molar-refractivity contribution in [2.24, 2.45) is 11.8 Å². The third-order valence-electron chi connectivity index (χ3n) is 6.00. The summed E-state index contributed by atoms with van der Waals surface area (Å²) in [6.45, 7) is 4.78. The van der Waals surface area contributed by atoms with E-state index in [0.717, 1.165) is 23.9 Å². The summed E-state index contributed by atoms with van der Waals surface area (Å²) >= 11 is 0. The summed E-state index contributed by atoms with van der Waals surface area (Å²) in [7, 11) is 4.57. The molecule has 0 aromatic rings. The molecular formula is C18H36N2. The van der Waals surface area contributed by atoms with Crippen molar-refractivity contribution in [3.63, 3.8) is 0 Å². The van der Waals surface area contributed by atoms with Crippen molar-refractivity contribution in [3.05, 3.63) is 0 Å².